The lowest BCUT2D eigenvalue weighted by Gasteiger charge is -2.14. The quantitative estimate of drug-likeness (QED) is 0.153. The van der Waals surface area contributed by atoms with Crippen LogP contribution in [-0.4, -0.2) is 24.9 Å². The van der Waals surface area contributed by atoms with Crippen LogP contribution in [0.5, 0.6) is 0 Å². The van der Waals surface area contributed by atoms with Crippen LogP contribution in [0.1, 0.15) is 5.56 Å². The first-order valence-electron chi connectivity index (χ1n) is 19.7. The summed E-state index contributed by atoms with van der Waals surface area (Å²) in [6, 6.07) is 71.6. The van der Waals surface area contributed by atoms with Gasteiger partial charge in [-0.25, -0.2) is 24.9 Å². The molecule has 0 saturated heterocycles. The molecule has 0 N–H and O–H groups in total. The third kappa shape index (κ3) is 7.08. The van der Waals surface area contributed by atoms with E-state index >= 15 is 0 Å². The zero-order valence-electron chi connectivity index (χ0n) is 32.3. The van der Waals surface area contributed by atoms with Crippen molar-refractivity contribution in [3.8, 4) is 96.3 Å². The maximum absolute atomic E-state index is 9.66. The number of para-hydroxylation sites is 1. The van der Waals surface area contributed by atoms with Crippen molar-refractivity contribution in [3.63, 3.8) is 0 Å². The first-order chi connectivity index (χ1) is 29.7. The highest BCUT2D eigenvalue weighted by molar-refractivity contribution is 5.94. The molecule has 6 nitrogen and oxygen atoms in total. The second-order valence-electron chi connectivity index (χ2n) is 14.4. The first-order valence-corrected chi connectivity index (χ1v) is 19.7. The Morgan fingerprint density at radius 2 is 0.767 bits per heavy atom. The van der Waals surface area contributed by atoms with Crippen molar-refractivity contribution in [1.82, 2.24) is 24.9 Å². The second-order valence-corrected chi connectivity index (χ2v) is 14.4. The molecular formula is C54H34N6. The van der Waals surface area contributed by atoms with Gasteiger partial charge in [0.05, 0.1) is 22.8 Å². The molecule has 0 amide bonds. The standard InChI is InChI=1S/C54H34N6/c55-35-36-15-13-21-42(33-36)44-23-7-9-25-46(44)53-58-52(39-18-5-2-6-19-39)59-54(60-53)47-26-10-8-24-45(47)43-22-14-20-41(34-43)37-29-31-40(32-30-37)51-56-49-28-12-11-27-48(49)50(57-51)38-16-3-1-4-17-38/h1-34H. The van der Waals surface area contributed by atoms with Crippen LogP contribution in [0.15, 0.2) is 206 Å². The molecule has 2 heterocycles. The number of aromatic nitrogens is 5. The number of nitriles is 1. The summed E-state index contributed by atoms with van der Waals surface area (Å²) in [5, 5.41) is 10.7. The highest BCUT2D eigenvalue weighted by atomic mass is 15.0. The van der Waals surface area contributed by atoms with Crippen LogP contribution in [0.25, 0.3) is 101 Å². The van der Waals surface area contributed by atoms with Crippen molar-refractivity contribution in [2.24, 2.45) is 0 Å². The molecule has 0 bridgehead atoms. The van der Waals surface area contributed by atoms with Gasteiger partial charge in [0, 0.05) is 33.2 Å². The van der Waals surface area contributed by atoms with Gasteiger partial charge in [-0.1, -0.05) is 182 Å². The van der Waals surface area contributed by atoms with Crippen molar-refractivity contribution in [3.05, 3.63) is 212 Å². The molecule has 6 heteroatoms. The van der Waals surface area contributed by atoms with Crippen LogP contribution in [0, 0.1) is 11.3 Å². The molecule has 8 aromatic carbocycles. The van der Waals surface area contributed by atoms with Crippen LogP contribution >= 0.6 is 0 Å². The van der Waals surface area contributed by atoms with Gasteiger partial charge >= 0.3 is 0 Å². The number of rotatable bonds is 8. The van der Waals surface area contributed by atoms with Crippen LogP contribution in [-0.2, 0) is 0 Å². The molecule has 0 aliphatic rings. The van der Waals surface area contributed by atoms with E-state index in [2.05, 4.69) is 84.9 Å². The molecule has 0 radical (unpaired) electrons. The lowest BCUT2D eigenvalue weighted by atomic mass is 9.95. The molecule has 0 atom stereocenters. The second kappa shape index (κ2) is 15.9. The number of hydrogen-bond donors (Lipinski definition) is 0. The van der Waals surface area contributed by atoms with E-state index in [-0.39, 0.29) is 0 Å². The predicted molar refractivity (Wildman–Crippen MR) is 241 cm³/mol. The maximum atomic E-state index is 9.66. The minimum Gasteiger partial charge on any atom is -0.228 e. The Labute approximate surface area is 347 Å². The van der Waals surface area contributed by atoms with Crippen molar-refractivity contribution in [2.75, 3.05) is 0 Å². The molecule has 0 unspecified atom stereocenters. The van der Waals surface area contributed by atoms with Gasteiger partial charge in [-0.3, -0.25) is 0 Å². The zero-order valence-corrected chi connectivity index (χ0v) is 32.3. The van der Waals surface area contributed by atoms with Gasteiger partial charge in [0.15, 0.2) is 23.3 Å². The summed E-state index contributed by atoms with van der Waals surface area (Å²) in [7, 11) is 0. The Morgan fingerprint density at radius 3 is 1.43 bits per heavy atom. The molecule has 0 aliphatic carbocycles. The number of benzene rings is 8. The fourth-order valence-corrected chi connectivity index (χ4v) is 7.65. The van der Waals surface area contributed by atoms with Gasteiger partial charge in [-0.05, 0) is 57.6 Å². The molecule has 2 aromatic heterocycles. The summed E-state index contributed by atoms with van der Waals surface area (Å²) in [6.45, 7) is 0. The largest absolute Gasteiger partial charge is 0.228 e. The molecule has 280 valence electrons. The minimum absolute atomic E-state index is 0.548. The van der Waals surface area contributed by atoms with E-state index in [0.29, 0.717) is 28.9 Å². The van der Waals surface area contributed by atoms with Crippen molar-refractivity contribution in [1.29, 1.82) is 5.26 Å². The normalized spacial score (nSPS) is 11.0. The SMILES string of the molecule is N#Cc1cccc(-c2ccccc2-c2nc(-c3ccccc3)nc(-c3ccccc3-c3cccc(-c4ccc(-c5nc(-c6ccccc6)c6ccccc6n5)cc4)c3)n2)c1. The molecule has 0 aliphatic heterocycles. The summed E-state index contributed by atoms with van der Waals surface area (Å²) in [4.78, 5) is 25.4. The average Bonchev–Trinajstić information content (AvgIpc) is 3.34. The Morgan fingerprint density at radius 1 is 0.300 bits per heavy atom. The fourth-order valence-electron chi connectivity index (χ4n) is 7.65. The topological polar surface area (TPSA) is 88.2 Å². The highest BCUT2D eigenvalue weighted by Crippen LogP contribution is 2.37. The Kier molecular flexibility index (Phi) is 9.51. The van der Waals surface area contributed by atoms with E-state index in [4.69, 9.17) is 24.9 Å². The van der Waals surface area contributed by atoms with Gasteiger partial charge in [-0.15, -0.1) is 0 Å². The predicted octanol–water partition coefficient (Wildman–Crippen LogP) is 13.0. The Balaban J connectivity index is 1.04. The van der Waals surface area contributed by atoms with E-state index in [1.807, 2.05) is 127 Å². The Hall–Kier alpha value is -8.40. The van der Waals surface area contributed by atoms with Gasteiger partial charge in [-0.2, -0.15) is 5.26 Å². The molecule has 60 heavy (non-hydrogen) atoms. The smallest absolute Gasteiger partial charge is 0.164 e. The van der Waals surface area contributed by atoms with Crippen LogP contribution in [0.3, 0.4) is 0 Å². The molecule has 0 saturated carbocycles. The van der Waals surface area contributed by atoms with Crippen LogP contribution in [0.4, 0.5) is 0 Å². The molecule has 0 fully saturated rings. The summed E-state index contributed by atoms with van der Waals surface area (Å²) < 4.78 is 0. The summed E-state index contributed by atoms with van der Waals surface area (Å²) >= 11 is 0. The first kappa shape index (κ1) is 36.0. The lowest BCUT2D eigenvalue weighted by molar-refractivity contribution is 1.07. The number of nitrogens with zero attached hydrogens (tertiary/aromatic N) is 6. The summed E-state index contributed by atoms with van der Waals surface area (Å²) in [5.74, 6) is 2.37. The van der Waals surface area contributed by atoms with E-state index in [9.17, 15) is 5.26 Å². The molecule has 0 spiro atoms. The maximum Gasteiger partial charge on any atom is 0.164 e. The van der Waals surface area contributed by atoms with E-state index < -0.39 is 0 Å². The summed E-state index contributed by atoms with van der Waals surface area (Å²) in [5.41, 5.74) is 13.1. The van der Waals surface area contributed by atoms with Gasteiger partial charge in [0.1, 0.15) is 0 Å². The Bertz CT molecular complexity index is 3210. The van der Waals surface area contributed by atoms with Crippen molar-refractivity contribution < 1.29 is 0 Å². The molecular weight excluding hydrogens is 733 g/mol. The summed E-state index contributed by atoms with van der Waals surface area (Å²) in [6.07, 6.45) is 0. The van der Waals surface area contributed by atoms with Gasteiger partial charge < -0.3 is 0 Å². The number of fused-ring (bicyclic) bond motifs is 1. The zero-order chi connectivity index (χ0) is 40.3. The van der Waals surface area contributed by atoms with Gasteiger partial charge in [0.2, 0.25) is 0 Å². The minimum atomic E-state index is 0.548. The van der Waals surface area contributed by atoms with Crippen molar-refractivity contribution >= 4 is 10.9 Å². The van der Waals surface area contributed by atoms with E-state index in [1.165, 1.54) is 0 Å². The highest BCUT2D eigenvalue weighted by Gasteiger charge is 2.18. The third-order valence-corrected chi connectivity index (χ3v) is 10.6. The van der Waals surface area contributed by atoms with Crippen LogP contribution < -0.4 is 0 Å². The van der Waals surface area contributed by atoms with Gasteiger partial charge in [0.25, 0.3) is 0 Å². The average molecular weight is 767 g/mol. The third-order valence-electron chi connectivity index (χ3n) is 10.6. The van der Waals surface area contributed by atoms with Crippen LogP contribution in [0.2, 0.25) is 0 Å². The molecule has 10 aromatic rings. The fraction of sp³-hybridized carbons (Fsp3) is 0. The van der Waals surface area contributed by atoms with E-state index in [0.717, 1.165) is 77.8 Å². The van der Waals surface area contributed by atoms with Crippen molar-refractivity contribution in [2.45, 2.75) is 0 Å². The number of hydrogen-bond acceptors (Lipinski definition) is 6. The monoisotopic (exact) mass is 766 g/mol. The van der Waals surface area contributed by atoms with E-state index in [1.54, 1.807) is 0 Å². The lowest BCUT2D eigenvalue weighted by Crippen LogP contribution is -2.02. The molecule has 10 rings (SSSR count).